The van der Waals surface area contributed by atoms with E-state index in [2.05, 4.69) is 37.8 Å². The van der Waals surface area contributed by atoms with Crippen LogP contribution >= 0.6 is 15.9 Å². The first kappa shape index (κ1) is 12.0. The number of hydrogen-bond acceptors (Lipinski definition) is 4. The topological polar surface area (TPSA) is 69.6 Å². The van der Waals surface area contributed by atoms with Gasteiger partial charge in [-0.25, -0.2) is 15.0 Å². The van der Waals surface area contributed by atoms with Crippen molar-refractivity contribution in [2.75, 3.05) is 5.73 Å². The second-order valence-electron chi connectivity index (χ2n) is 3.80. The molecule has 0 fully saturated rings. The van der Waals surface area contributed by atoms with E-state index in [1.165, 1.54) is 0 Å². The van der Waals surface area contributed by atoms with Gasteiger partial charge in [0.1, 0.15) is 11.5 Å². The summed E-state index contributed by atoms with van der Waals surface area (Å²) in [5, 5.41) is 0. The maximum absolute atomic E-state index is 5.82. The quantitative estimate of drug-likeness (QED) is 0.944. The molecule has 0 saturated carbocycles. The number of imidazole rings is 1. The largest absolute Gasteiger partial charge is 0.383 e. The minimum Gasteiger partial charge on any atom is -0.383 e. The van der Waals surface area contributed by atoms with Gasteiger partial charge in [-0.3, -0.25) is 0 Å². The molecule has 0 unspecified atom stereocenters. The van der Waals surface area contributed by atoms with E-state index in [-0.39, 0.29) is 0 Å². The van der Waals surface area contributed by atoms with Crippen LogP contribution in [0.2, 0.25) is 0 Å². The van der Waals surface area contributed by atoms with E-state index < -0.39 is 0 Å². The molecule has 0 spiro atoms. The third-order valence-electron chi connectivity index (χ3n) is 2.45. The van der Waals surface area contributed by atoms with Crippen molar-refractivity contribution in [1.82, 2.24) is 19.5 Å². The Morgan fingerprint density at radius 3 is 2.82 bits per heavy atom. The average molecular weight is 296 g/mol. The van der Waals surface area contributed by atoms with Gasteiger partial charge in [0.05, 0.1) is 22.7 Å². The van der Waals surface area contributed by atoms with E-state index in [1.54, 1.807) is 12.5 Å². The summed E-state index contributed by atoms with van der Waals surface area (Å²) in [5.41, 5.74) is 7.55. The smallest absolute Gasteiger partial charge is 0.180 e. The van der Waals surface area contributed by atoms with Crippen LogP contribution in [-0.4, -0.2) is 19.5 Å². The van der Waals surface area contributed by atoms with E-state index in [0.29, 0.717) is 11.6 Å². The summed E-state index contributed by atoms with van der Waals surface area (Å²) < 4.78 is 2.78. The van der Waals surface area contributed by atoms with Crippen molar-refractivity contribution < 1.29 is 0 Å². The molecule has 0 atom stereocenters. The molecule has 2 aromatic rings. The zero-order valence-electron chi connectivity index (χ0n) is 9.81. The first-order valence-corrected chi connectivity index (χ1v) is 6.23. The number of anilines is 1. The van der Waals surface area contributed by atoms with Gasteiger partial charge in [0.15, 0.2) is 5.82 Å². The van der Waals surface area contributed by atoms with Crippen molar-refractivity contribution in [2.24, 2.45) is 0 Å². The molecule has 0 amide bonds. The van der Waals surface area contributed by atoms with Gasteiger partial charge in [0, 0.05) is 6.54 Å². The predicted octanol–water partition coefficient (Wildman–Crippen LogP) is 2.40. The highest BCUT2D eigenvalue weighted by molar-refractivity contribution is 9.10. The standard InChI is InChI=1S/C11H14BrN5/c1-3-4-17-6-14-5-8(17)11-15-7(2)9(12)10(13)16-11/h5-6H,3-4H2,1-2H3,(H2,13,15,16). The fraction of sp³-hybridized carbons (Fsp3) is 0.364. The summed E-state index contributed by atoms with van der Waals surface area (Å²) in [6.45, 7) is 4.91. The molecule has 0 aliphatic heterocycles. The Kier molecular flexibility index (Phi) is 3.42. The van der Waals surface area contributed by atoms with Crippen molar-refractivity contribution in [3.8, 4) is 11.5 Å². The molecule has 2 heterocycles. The molecule has 2 N–H and O–H groups in total. The molecule has 90 valence electrons. The van der Waals surface area contributed by atoms with Gasteiger partial charge in [-0.15, -0.1) is 0 Å². The lowest BCUT2D eigenvalue weighted by Gasteiger charge is -2.08. The van der Waals surface area contributed by atoms with Gasteiger partial charge >= 0.3 is 0 Å². The third kappa shape index (κ3) is 2.31. The van der Waals surface area contributed by atoms with E-state index in [9.17, 15) is 0 Å². The van der Waals surface area contributed by atoms with Gasteiger partial charge < -0.3 is 10.3 Å². The van der Waals surface area contributed by atoms with Crippen LogP contribution in [0.15, 0.2) is 17.0 Å². The number of hydrogen-bond donors (Lipinski definition) is 1. The van der Waals surface area contributed by atoms with E-state index in [0.717, 1.165) is 28.8 Å². The SMILES string of the molecule is CCCn1cncc1-c1nc(C)c(Br)c(N)n1. The number of aryl methyl sites for hydroxylation is 2. The molecule has 2 rings (SSSR count). The Morgan fingerprint density at radius 2 is 2.18 bits per heavy atom. The average Bonchev–Trinajstić information content (AvgIpc) is 2.74. The lowest BCUT2D eigenvalue weighted by Crippen LogP contribution is -2.04. The third-order valence-corrected chi connectivity index (χ3v) is 3.43. The van der Waals surface area contributed by atoms with Crippen LogP contribution in [0.5, 0.6) is 0 Å². The predicted molar refractivity (Wildman–Crippen MR) is 70.4 cm³/mol. The van der Waals surface area contributed by atoms with Crippen molar-refractivity contribution in [3.05, 3.63) is 22.7 Å². The minimum atomic E-state index is 0.455. The maximum atomic E-state index is 5.82. The Hall–Kier alpha value is -1.43. The van der Waals surface area contributed by atoms with Gasteiger partial charge in [-0.05, 0) is 29.3 Å². The van der Waals surface area contributed by atoms with Crippen LogP contribution in [-0.2, 0) is 6.54 Å². The van der Waals surface area contributed by atoms with Crippen LogP contribution in [0.4, 0.5) is 5.82 Å². The van der Waals surface area contributed by atoms with Crippen LogP contribution in [0.1, 0.15) is 19.0 Å². The highest BCUT2D eigenvalue weighted by Gasteiger charge is 2.11. The number of nitrogens with two attached hydrogens (primary N) is 1. The summed E-state index contributed by atoms with van der Waals surface area (Å²) >= 11 is 3.35. The Labute approximate surface area is 108 Å². The molecule has 6 heteroatoms. The minimum absolute atomic E-state index is 0.455. The summed E-state index contributed by atoms with van der Waals surface area (Å²) in [7, 11) is 0. The molecule has 5 nitrogen and oxygen atoms in total. The Bertz CT molecular complexity index is 511. The van der Waals surface area contributed by atoms with Crippen molar-refractivity contribution in [3.63, 3.8) is 0 Å². The molecule has 2 aromatic heterocycles. The number of rotatable bonds is 3. The number of nitrogens with zero attached hydrogens (tertiary/aromatic N) is 4. The summed E-state index contributed by atoms with van der Waals surface area (Å²) in [6, 6.07) is 0. The molecule has 17 heavy (non-hydrogen) atoms. The van der Waals surface area contributed by atoms with Gasteiger partial charge in [0.2, 0.25) is 0 Å². The zero-order valence-corrected chi connectivity index (χ0v) is 11.4. The van der Waals surface area contributed by atoms with Crippen molar-refractivity contribution in [2.45, 2.75) is 26.8 Å². The number of halogens is 1. The number of aromatic nitrogens is 4. The molecule has 0 aliphatic rings. The first-order valence-electron chi connectivity index (χ1n) is 5.43. The molecular weight excluding hydrogens is 282 g/mol. The summed E-state index contributed by atoms with van der Waals surface area (Å²) in [6.07, 6.45) is 4.59. The van der Waals surface area contributed by atoms with Gasteiger partial charge in [0.25, 0.3) is 0 Å². The second-order valence-corrected chi connectivity index (χ2v) is 4.60. The van der Waals surface area contributed by atoms with Crippen LogP contribution in [0, 0.1) is 6.92 Å². The van der Waals surface area contributed by atoms with Gasteiger partial charge in [-0.1, -0.05) is 6.92 Å². The zero-order chi connectivity index (χ0) is 12.4. The maximum Gasteiger partial charge on any atom is 0.180 e. The molecule has 0 aliphatic carbocycles. The molecule has 0 saturated heterocycles. The lowest BCUT2D eigenvalue weighted by molar-refractivity contribution is 0.681. The summed E-state index contributed by atoms with van der Waals surface area (Å²) in [4.78, 5) is 12.8. The Balaban J connectivity index is 2.49. The molecular formula is C11H14BrN5. The van der Waals surface area contributed by atoms with Crippen LogP contribution in [0.25, 0.3) is 11.5 Å². The number of nitrogen functional groups attached to an aromatic ring is 1. The van der Waals surface area contributed by atoms with Gasteiger partial charge in [-0.2, -0.15) is 0 Å². The van der Waals surface area contributed by atoms with Crippen LogP contribution in [0.3, 0.4) is 0 Å². The fourth-order valence-electron chi connectivity index (χ4n) is 1.62. The monoisotopic (exact) mass is 295 g/mol. The van der Waals surface area contributed by atoms with E-state index >= 15 is 0 Å². The summed E-state index contributed by atoms with van der Waals surface area (Å²) in [5.74, 6) is 1.07. The fourth-order valence-corrected chi connectivity index (χ4v) is 1.80. The second kappa shape index (κ2) is 4.83. The van der Waals surface area contributed by atoms with Crippen molar-refractivity contribution in [1.29, 1.82) is 0 Å². The molecule has 0 bridgehead atoms. The van der Waals surface area contributed by atoms with Crippen LogP contribution < -0.4 is 5.73 Å². The molecule has 0 radical (unpaired) electrons. The highest BCUT2D eigenvalue weighted by Crippen LogP contribution is 2.24. The normalized spacial score (nSPS) is 10.8. The highest BCUT2D eigenvalue weighted by atomic mass is 79.9. The molecule has 0 aromatic carbocycles. The van der Waals surface area contributed by atoms with E-state index in [1.807, 2.05) is 11.5 Å². The van der Waals surface area contributed by atoms with E-state index in [4.69, 9.17) is 5.73 Å². The lowest BCUT2D eigenvalue weighted by atomic mass is 10.3. The Morgan fingerprint density at radius 1 is 1.41 bits per heavy atom. The first-order chi connectivity index (χ1) is 8.13. The van der Waals surface area contributed by atoms with Crippen molar-refractivity contribution >= 4 is 21.7 Å².